The lowest BCUT2D eigenvalue weighted by molar-refractivity contribution is -0.119. The average Bonchev–Trinajstić information content (AvgIpc) is 2.72. The Balaban J connectivity index is 1.67. The van der Waals surface area contributed by atoms with E-state index >= 15 is 0 Å². The average molecular weight is 405 g/mol. The number of fused-ring (bicyclic) bond motifs is 1. The lowest BCUT2D eigenvalue weighted by atomic mass is 10.0. The minimum Gasteiger partial charge on any atom is -0.452 e. The van der Waals surface area contributed by atoms with Crippen molar-refractivity contribution in [2.45, 2.75) is 20.8 Å². The number of aromatic nitrogens is 1. The van der Waals surface area contributed by atoms with Crippen LogP contribution in [0.5, 0.6) is 0 Å². The standard InChI is InChI=1S/C23H23N3O4/c1-4-24-22(28)16-8-7-9-17(12-16)26-20(27)13-30-23(29)21-14(2)18-10-5-6-11-19(18)25-15(21)3/h5-12H,4,13H2,1-3H3,(H,24,28)(H,26,27). The van der Waals surface area contributed by atoms with E-state index in [2.05, 4.69) is 15.6 Å². The van der Waals surface area contributed by atoms with Gasteiger partial charge in [0.25, 0.3) is 11.8 Å². The van der Waals surface area contributed by atoms with Gasteiger partial charge in [0.2, 0.25) is 0 Å². The van der Waals surface area contributed by atoms with E-state index in [9.17, 15) is 14.4 Å². The van der Waals surface area contributed by atoms with Crippen molar-refractivity contribution in [3.8, 4) is 0 Å². The number of rotatable bonds is 6. The van der Waals surface area contributed by atoms with Gasteiger partial charge in [0, 0.05) is 23.2 Å². The zero-order chi connectivity index (χ0) is 21.7. The van der Waals surface area contributed by atoms with Crippen LogP contribution in [0.25, 0.3) is 10.9 Å². The van der Waals surface area contributed by atoms with Crippen molar-refractivity contribution in [1.29, 1.82) is 0 Å². The first-order valence-electron chi connectivity index (χ1n) is 9.62. The van der Waals surface area contributed by atoms with Crippen LogP contribution in [0.3, 0.4) is 0 Å². The molecular weight excluding hydrogens is 382 g/mol. The number of esters is 1. The van der Waals surface area contributed by atoms with Crippen LogP contribution in [0.1, 0.15) is 38.9 Å². The van der Waals surface area contributed by atoms with Crippen molar-refractivity contribution in [3.63, 3.8) is 0 Å². The van der Waals surface area contributed by atoms with E-state index in [0.29, 0.717) is 29.1 Å². The summed E-state index contributed by atoms with van der Waals surface area (Å²) < 4.78 is 5.22. The van der Waals surface area contributed by atoms with Gasteiger partial charge >= 0.3 is 5.97 Å². The smallest absolute Gasteiger partial charge is 0.340 e. The first kappa shape index (κ1) is 21.0. The Kier molecular flexibility index (Phi) is 6.41. The number of benzene rings is 2. The lowest BCUT2D eigenvalue weighted by Gasteiger charge is -2.12. The number of nitrogens with one attached hydrogen (secondary N) is 2. The molecule has 0 unspecified atom stereocenters. The molecule has 3 aromatic rings. The number of pyridine rings is 1. The molecule has 1 heterocycles. The molecule has 0 aliphatic heterocycles. The number of amides is 2. The van der Waals surface area contributed by atoms with Crippen LogP contribution in [0.15, 0.2) is 48.5 Å². The number of anilines is 1. The van der Waals surface area contributed by atoms with E-state index in [1.54, 1.807) is 31.2 Å². The van der Waals surface area contributed by atoms with Gasteiger partial charge in [0.05, 0.1) is 16.8 Å². The van der Waals surface area contributed by atoms with E-state index in [0.717, 1.165) is 16.5 Å². The first-order chi connectivity index (χ1) is 14.4. The van der Waals surface area contributed by atoms with E-state index in [-0.39, 0.29) is 5.91 Å². The second-order valence-corrected chi connectivity index (χ2v) is 6.78. The summed E-state index contributed by atoms with van der Waals surface area (Å²) >= 11 is 0. The van der Waals surface area contributed by atoms with Crippen molar-refractivity contribution in [3.05, 3.63) is 70.9 Å². The molecular formula is C23H23N3O4. The molecule has 7 heteroatoms. The summed E-state index contributed by atoms with van der Waals surface area (Å²) in [5, 5.41) is 6.19. The second kappa shape index (κ2) is 9.17. The molecule has 3 rings (SSSR count). The van der Waals surface area contributed by atoms with Gasteiger partial charge in [-0.25, -0.2) is 4.79 Å². The highest BCUT2D eigenvalue weighted by Crippen LogP contribution is 2.23. The number of para-hydroxylation sites is 1. The first-order valence-corrected chi connectivity index (χ1v) is 9.62. The van der Waals surface area contributed by atoms with E-state index < -0.39 is 18.5 Å². The van der Waals surface area contributed by atoms with Crippen LogP contribution in [0.2, 0.25) is 0 Å². The monoisotopic (exact) mass is 405 g/mol. The Labute approximate surface area is 174 Å². The van der Waals surface area contributed by atoms with Gasteiger partial charge < -0.3 is 15.4 Å². The molecule has 0 atom stereocenters. The van der Waals surface area contributed by atoms with E-state index in [1.165, 1.54) is 0 Å². The maximum Gasteiger partial charge on any atom is 0.340 e. The van der Waals surface area contributed by atoms with Crippen molar-refractivity contribution in [1.82, 2.24) is 10.3 Å². The highest BCUT2D eigenvalue weighted by molar-refractivity contribution is 6.00. The highest BCUT2D eigenvalue weighted by atomic mass is 16.5. The van der Waals surface area contributed by atoms with Crippen LogP contribution in [-0.4, -0.2) is 35.9 Å². The molecule has 2 amide bonds. The molecule has 0 saturated heterocycles. The third kappa shape index (κ3) is 4.63. The zero-order valence-corrected chi connectivity index (χ0v) is 17.1. The van der Waals surface area contributed by atoms with Crippen molar-refractivity contribution < 1.29 is 19.1 Å². The van der Waals surface area contributed by atoms with Gasteiger partial charge in [-0.2, -0.15) is 0 Å². The molecule has 0 bridgehead atoms. The number of ether oxygens (including phenoxy) is 1. The predicted octanol–water partition coefficient (Wildman–Crippen LogP) is 3.40. The number of carbonyl (C=O) groups is 3. The van der Waals surface area contributed by atoms with Crippen LogP contribution in [0, 0.1) is 13.8 Å². The maximum absolute atomic E-state index is 12.6. The maximum atomic E-state index is 12.6. The Morgan fingerprint density at radius 3 is 2.57 bits per heavy atom. The van der Waals surface area contributed by atoms with Gasteiger partial charge in [-0.1, -0.05) is 24.3 Å². The Morgan fingerprint density at radius 1 is 1.03 bits per heavy atom. The number of hydrogen-bond donors (Lipinski definition) is 2. The largest absolute Gasteiger partial charge is 0.452 e. The number of aryl methyl sites for hydroxylation is 2. The quantitative estimate of drug-likeness (QED) is 0.613. The molecule has 154 valence electrons. The van der Waals surface area contributed by atoms with Gasteiger partial charge in [0.1, 0.15) is 0 Å². The summed E-state index contributed by atoms with van der Waals surface area (Å²) in [6.07, 6.45) is 0. The Morgan fingerprint density at radius 2 is 1.80 bits per heavy atom. The molecule has 0 spiro atoms. The molecule has 7 nitrogen and oxygen atoms in total. The number of hydrogen-bond acceptors (Lipinski definition) is 5. The molecule has 1 aromatic heterocycles. The third-order valence-electron chi connectivity index (χ3n) is 4.62. The van der Waals surface area contributed by atoms with Crippen LogP contribution in [0.4, 0.5) is 5.69 Å². The lowest BCUT2D eigenvalue weighted by Crippen LogP contribution is -2.24. The van der Waals surface area contributed by atoms with Gasteiger partial charge in [0.15, 0.2) is 6.61 Å². The Hall–Kier alpha value is -3.74. The van der Waals surface area contributed by atoms with Crippen molar-refractivity contribution >= 4 is 34.4 Å². The Bertz CT molecular complexity index is 1120. The van der Waals surface area contributed by atoms with Crippen molar-refractivity contribution in [2.75, 3.05) is 18.5 Å². The minimum absolute atomic E-state index is 0.227. The van der Waals surface area contributed by atoms with Gasteiger partial charge in [-0.05, 0) is 50.6 Å². The predicted molar refractivity (Wildman–Crippen MR) is 115 cm³/mol. The molecule has 0 radical (unpaired) electrons. The molecule has 0 saturated carbocycles. The SMILES string of the molecule is CCNC(=O)c1cccc(NC(=O)COC(=O)c2c(C)nc3ccccc3c2C)c1. The summed E-state index contributed by atoms with van der Waals surface area (Å²) in [4.78, 5) is 41.2. The normalized spacial score (nSPS) is 10.5. The molecule has 30 heavy (non-hydrogen) atoms. The van der Waals surface area contributed by atoms with Gasteiger partial charge in [-0.15, -0.1) is 0 Å². The summed E-state index contributed by atoms with van der Waals surface area (Å²) in [5.41, 5.74) is 3.34. The zero-order valence-electron chi connectivity index (χ0n) is 17.1. The van der Waals surface area contributed by atoms with Crippen molar-refractivity contribution in [2.24, 2.45) is 0 Å². The summed E-state index contributed by atoms with van der Waals surface area (Å²) in [6, 6.07) is 14.1. The summed E-state index contributed by atoms with van der Waals surface area (Å²) in [7, 11) is 0. The fraction of sp³-hybridized carbons (Fsp3) is 0.217. The number of nitrogens with zero attached hydrogens (tertiary/aromatic N) is 1. The minimum atomic E-state index is -0.602. The summed E-state index contributed by atoms with van der Waals surface area (Å²) in [5.74, 6) is -1.33. The van der Waals surface area contributed by atoms with Crippen LogP contribution < -0.4 is 10.6 Å². The fourth-order valence-corrected chi connectivity index (χ4v) is 3.23. The van der Waals surface area contributed by atoms with Crippen LogP contribution in [-0.2, 0) is 9.53 Å². The van der Waals surface area contributed by atoms with E-state index in [4.69, 9.17) is 4.74 Å². The molecule has 2 N–H and O–H groups in total. The number of carbonyl (C=O) groups excluding carboxylic acids is 3. The fourth-order valence-electron chi connectivity index (χ4n) is 3.23. The second-order valence-electron chi connectivity index (χ2n) is 6.78. The van der Waals surface area contributed by atoms with E-state index in [1.807, 2.05) is 38.1 Å². The van der Waals surface area contributed by atoms with Crippen LogP contribution >= 0.6 is 0 Å². The van der Waals surface area contributed by atoms with Gasteiger partial charge in [-0.3, -0.25) is 14.6 Å². The highest BCUT2D eigenvalue weighted by Gasteiger charge is 2.19. The molecule has 0 aliphatic rings. The summed E-state index contributed by atoms with van der Waals surface area (Å²) in [6.45, 7) is 5.46. The topological polar surface area (TPSA) is 97.4 Å². The molecule has 0 aliphatic carbocycles. The molecule has 0 fully saturated rings. The third-order valence-corrected chi connectivity index (χ3v) is 4.62. The molecule has 2 aromatic carbocycles.